The predicted molar refractivity (Wildman–Crippen MR) is 81.7 cm³/mol. The molecule has 2 rings (SSSR count). The lowest BCUT2D eigenvalue weighted by Crippen LogP contribution is -2.29. The number of halogens is 2. The molecule has 0 radical (unpaired) electrons. The summed E-state index contributed by atoms with van der Waals surface area (Å²) in [5, 5.41) is 0.736. The molecule has 0 aliphatic rings. The quantitative estimate of drug-likeness (QED) is 0.863. The number of benzene rings is 1. The minimum atomic E-state index is -3.47. The van der Waals surface area contributed by atoms with Crippen molar-refractivity contribution in [3.8, 4) is 0 Å². The molecule has 1 aromatic heterocycles. The molecule has 0 saturated heterocycles. The zero-order valence-corrected chi connectivity index (χ0v) is 13.0. The number of hydrogen-bond donors (Lipinski definition) is 0. The lowest BCUT2D eigenvalue weighted by atomic mass is 10.2. The molecule has 0 N–H and O–H groups in total. The van der Waals surface area contributed by atoms with Crippen LogP contribution in [0.2, 0.25) is 10.0 Å². The van der Waals surface area contributed by atoms with Crippen LogP contribution in [0.1, 0.15) is 5.56 Å². The molecule has 106 valence electrons. The number of rotatable bonds is 4. The van der Waals surface area contributed by atoms with E-state index in [0.29, 0.717) is 10.7 Å². The van der Waals surface area contributed by atoms with Gasteiger partial charge in [-0.05, 0) is 29.8 Å². The van der Waals surface area contributed by atoms with Gasteiger partial charge < -0.3 is 0 Å². The van der Waals surface area contributed by atoms with Crippen molar-refractivity contribution in [2.75, 3.05) is 10.6 Å². The van der Waals surface area contributed by atoms with Gasteiger partial charge in [0.25, 0.3) is 0 Å². The number of nitrogens with zero attached hydrogens (tertiary/aromatic N) is 2. The molecule has 7 heteroatoms. The van der Waals surface area contributed by atoms with Crippen LogP contribution in [0.25, 0.3) is 0 Å². The van der Waals surface area contributed by atoms with Gasteiger partial charge in [-0.25, -0.2) is 8.42 Å². The molecule has 0 aliphatic carbocycles. The Kier molecular flexibility index (Phi) is 4.52. The normalized spacial score (nSPS) is 11.3. The highest BCUT2D eigenvalue weighted by atomic mass is 35.5. The first-order valence-electron chi connectivity index (χ1n) is 5.69. The second kappa shape index (κ2) is 5.99. The molecule has 4 nitrogen and oxygen atoms in total. The molecule has 20 heavy (non-hydrogen) atoms. The third kappa shape index (κ3) is 3.62. The van der Waals surface area contributed by atoms with E-state index in [1.807, 2.05) is 0 Å². The molecule has 2 aromatic rings. The third-order valence-electron chi connectivity index (χ3n) is 2.63. The Labute approximate surface area is 128 Å². The molecule has 1 aromatic carbocycles. The highest BCUT2D eigenvalue weighted by molar-refractivity contribution is 7.92. The van der Waals surface area contributed by atoms with Gasteiger partial charge in [-0.15, -0.1) is 0 Å². The van der Waals surface area contributed by atoms with Crippen LogP contribution in [0, 0.1) is 0 Å². The van der Waals surface area contributed by atoms with E-state index < -0.39 is 10.0 Å². The summed E-state index contributed by atoms with van der Waals surface area (Å²) in [6.07, 6.45) is 4.37. The first-order chi connectivity index (χ1) is 9.38. The van der Waals surface area contributed by atoms with E-state index in [2.05, 4.69) is 4.98 Å². The van der Waals surface area contributed by atoms with Crippen molar-refractivity contribution >= 4 is 38.9 Å². The summed E-state index contributed by atoms with van der Waals surface area (Å²) in [6, 6.07) is 8.25. The summed E-state index contributed by atoms with van der Waals surface area (Å²) >= 11 is 11.9. The SMILES string of the molecule is CS(=O)(=O)N(Cc1cccnc1)c1ccc(Cl)cc1Cl. The summed E-state index contributed by atoms with van der Waals surface area (Å²) in [5.74, 6) is 0. The van der Waals surface area contributed by atoms with Gasteiger partial charge >= 0.3 is 0 Å². The van der Waals surface area contributed by atoms with E-state index in [0.717, 1.165) is 11.8 Å². The van der Waals surface area contributed by atoms with Crippen LogP contribution >= 0.6 is 23.2 Å². The minimum absolute atomic E-state index is 0.161. The molecule has 0 spiro atoms. The van der Waals surface area contributed by atoms with E-state index in [-0.39, 0.29) is 11.6 Å². The molecular weight excluding hydrogens is 319 g/mol. The van der Waals surface area contributed by atoms with Crippen molar-refractivity contribution in [3.63, 3.8) is 0 Å². The smallest absolute Gasteiger partial charge is 0.232 e. The van der Waals surface area contributed by atoms with E-state index in [1.165, 1.54) is 10.4 Å². The Morgan fingerprint density at radius 3 is 2.55 bits per heavy atom. The molecule has 0 unspecified atom stereocenters. The maximum Gasteiger partial charge on any atom is 0.232 e. The first-order valence-corrected chi connectivity index (χ1v) is 8.30. The summed E-state index contributed by atoms with van der Waals surface area (Å²) in [5.41, 5.74) is 1.16. The van der Waals surface area contributed by atoms with E-state index in [1.54, 1.807) is 36.7 Å². The van der Waals surface area contributed by atoms with Crippen molar-refractivity contribution in [1.82, 2.24) is 4.98 Å². The third-order valence-corrected chi connectivity index (χ3v) is 4.29. The average Bonchev–Trinajstić information content (AvgIpc) is 2.37. The topological polar surface area (TPSA) is 50.3 Å². The van der Waals surface area contributed by atoms with Crippen LogP contribution in [-0.2, 0) is 16.6 Å². The number of hydrogen-bond acceptors (Lipinski definition) is 3. The molecular formula is C13H12Cl2N2O2S. The van der Waals surface area contributed by atoms with Gasteiger partial charge in [-0.1, -0.05) is 29.3 Å². The number of anilines is 1. The summed E-state index contributed by atoms with van der Waals surface area (Å²) in [7, 11) is -3.47. The Bertz CT molecular complexity index is 706. The zero-order valence-electron chi connectivity index (χ0n) is 10.6. The monoisotopic (exact) mass is 330 g/mol. The number of pyridine rings is 1. The minimum Gasteiger partial charge on any atom is -0.264 e. The summed E-state index contributed by atoms with van der Waals surface area (Å²) < 4.78 is 25.2. The Morgan fingerprint density at radius 2 is 2.00 bits per heavy atom. The van der Waals surface area contributed by atoms with Crippen LogP contribution in [0.3, 0.4) is 0 Å². The van der Waals surface area contributed by atoms with Gasteiger partial charge in [0.15, 0.2) is 0 Å². The lowest BCUT2D eigenvalue weighted by Gasteiger charge is -2.23. The fourth-order valence-corrected chi connectivity index (χ4v) is 3.18. The average molecular weight is 331 g/mol. The molecule has 0 fully saturated rings. The van der Waals surface area contributed by atoms with Gasteiger partial charge in [0.2, 0.25) is 10.0 Å². The molecule has 0 bridgehead atoms. The van der Waals surface area contributed by atoms with Crippen molar-refractivity contribution in [2.24, 2.45) is 0 Å². The highest BCUT2D eigenvalue weighted by Crippen LogP contribution is 2.31. The summed E-state index contributed by atoms with van der Waals surface area (Å²) in [6.45, 7) is 0.161. The molecule has 0 atom stereocenters. The Balaban J connectivity index is 2.44. The highest BCUT2D eigenvalue weighted by Gasteiger charge is 2.20. The van der Waals surface area contributed by atoms with Crippen LogP contribution < -0.4 is 4.31 Å². The van der Waals surface area contributed by atoms with Gasteiger partial charge in [0.1, 0.15) is 0 Å². The molecule has 0 saturated carbocycles. The van der Waals surface area contributed by atoms with Crippen LogP contribution in [0.5, 0.6) is 0 Å². The van der Waals surface area contributed by atoms with Crippen molar-refractivity contribution in [3.05, 3.63) is 58.3 Å². The van der Waals surface area contributed by atoms with E-state index in [4.69, 9.17) is 23.2 Å². The van der Waals surface area contributed by atoms with E-state index >= 15 is 0 Å². The number of aromatic nitrogens is 1. The van der Waals surface area contributed by atoms with Gasteiger partial charge in [-0.3, -0.25) is 9.29 Å². The largest absolute Gasteiger partial charge is 0.264 e. The lowest BCUT2D eigenvalue weighted by molar-refractivity contribution is 0.596. The van der Waals surface area contributed by atoms with Crippen molar-refractivity contribution < 1.29 is 8.42 Å². The summed E-state index contributed by atoms with van der Waals surface area (Å²) in [4.78, 5) is 3.97. The number of sulfonamides is 1. The molecule has 0 amide bonds. The fourth-order valence-electron chi connectivity index (χ4n) is 1.72. The van der Waals surface area contributed by atoms with Gasteiger partial charge in [-0.2, -0.15) is 0 Å². The van der Waals surface area contributed by atoms with E-state index in [9.17, 15) is 8.42 Å². The van der Waals surface area contributed by atoms with Gasteiger partial charge in [0.05, 0.1) is 23.5 Å². The second-order valence-electron chi connectivity index (χ2n) is 4.23. The second-order valence-corrected chi connectivity index (χ2v) is 6.98. The van der Waals surface area contributed by atoms with Crippen LogP contribution in [0.4, 0.5) is 5.69 Å². The first kappa shape index (κ1) is 15.1. The van der Waals surface area contributed by atoms with Crippen LogP contribution in [-0.4, -0.2) is 19.7 Å². The molecule has 0 aliphatic heterocycles. The molecule has 1 heterocycles. The Hall–Kier alpha value is -1.30. The maximum atomic E-state index is 12.0. The Morgan fingerprint density at radius 1 is 1.25 bits per heavy atom. The predicted octanol–water partition coefficient (Wildman–Crippen LogP) is 3.35. The standard InChI is InChI=1S/C13H12Cl2N2O2S/c1-20(18,19)17(9-10-3-2-6-16-8-10)13-5-4-11(14)7-12(13)15/h2-8H,9H2,1H3. The van der Waals surface area contributed by atoms with Crippen molar-refractivity contribution in [2.45, 2.75) is 6.54 Å². The van der Waals surface area contributed by atoms with Gasteiger partial charge in [0, 0.05) is 17.4 Å². The van der Waals surface area contributed by atoms with Crippen LogP contribution in [0.15, 0.2) is 42.7 Å². The zero-order chi connectivity index (χ0) is 14.8. The fraction of sp³-hybridized carbons (Fsp3) is 0.154. The van der Waals surface area contributed by atoms with Crippen molar-refractivity contribution in [1.29, 1.82) is 0 Å². The maximum absolute atomic E-state index is 12.0.